The van der Waals surface area contributed by atoms with Gasteiger partial charge in [-0.3, -0.25) is 14.1 Å². The van der Waals surface area contributed by atoms with E-state index in [-0.39, 0.29) is 11.7 Å². The number of hydrogen-bond donors (Lipinski definition) is 1. The van der Waals surface area contributed by atoms with Crippen LogP contribution in [0.2, 0.25) is 0 Å². The Balaban J connectivity index is 1.17. The average molecular weight is 500 g/mol. The number of carbonyl (C=O) groups excluding carboxylic acids is 1. The molecule has 0 spiro atoms. The van der Waals surface area contributed by atoms with Gasteiger partial charge in [0.2, 0.25) is 0 Å². The third-order valence-electron chi connectivity index (χ3n) is 7.30. The molecule has 1 fully saturated rings. The van der Waals surface area contributed by atoms with E-state index < -0.39 is 0 Å². The first-order chi connectivity index (χ1) is 17.9. The van der Waals surface area contributed by atoms with E-state index in [0.29, 0.717) is 18.7 Å². The van der Waals surface area contributed by atoms with E-state index >= 15 is 0 Å². The highest BCUT2D eigenvalue weighted by Gasteiger charge is 2.20. The van der Waals surface area contributed by atoms with Gasteiger partial charge in [-0.05, 0) is 72.9 Å². The van der Waals surface area contributed by atoms with E-state index in [4.69, 9.17) is 0 Å². The van der Waals surface area contributed by atoms with E-state index in [1.165, 1.54) is 23.4 Å². The van der Waals surface area contributed by atoms with Crippen LogP contribution in [0.5, 0.6) is 0 Å². The van der Waals surface area contributed by atoms with Gasteiger partial charge in [0.25, 0.3) is 5.91 Å². The number of anilines is 1. The number of hydrogen-bond acceptors (Lipinski definition) is 4. The summed E-state index contributed by atoms with van der Waals surface area (Å²) in [5, 5.41) is 3.09. The summed E-state index contributed by atoms with van der Waals surface area (Å²) >= 11 is 0. The zero-order valence-corrected chi connectivity index (χ0v) is 21.8. The number of benzene rings is 2. The molecule has 4 aromatic rings. The normalized spacial score (nSPS) is 14.3. The van der Waals surface area contributed by atoms with Crippen LogP contribution < -0.4 is 10.2 Å². The molecule has 0 saturated carbocycles. The van der Waals surface area contributed by atoms with Crippen molar-refractivity contribution in [1.29, 1.82) is 0 Å². The predicted octanol–water partition coefficient (Wildman–Crippen LogP) is 4.90. The second-order valence-electron chi connectivity index (χ2n) is 9.87. The molecule has 5 rings (SSSR count). The Labute approximate surface area is 217 Å². The van der Waals surface area contributed by atoms with Gasteiger partial charge in [-0.2, -0.15) is 0 Å². The molecule has 2 aromatic heterocycles. The minimum atomic E-state index is -0.192. The van der Waals surface area contributed by atoms with E-state index in [2.05, 4.69) is 58.2 Å². The average Bonchev–Trinajstić information content (AvgIpc) is 3.27. The molecule has 0 radical (unpaired) electrons. The maximum absolute atomic E-state index is 13.2. The van der Waals surface area contributed by atoms with Crippen molar-refractivity contribution >= 4 is 17.2 Å². The van der Waals surface area contributed by atoms with Crippen LogP contribution in [0, 0.1) is 19.7 Å². The number of aryl methyl sites for hydroxylation is 3. The molecule has 1 aliphatic rings. The fraction of sp³-hybridized carbons (Fsp3) is 0.333. The number of amides is 1. The number of nitrogens with zero attached hydrogens (tertiary/aromatic N) is 4. The standard InChI is InChI=1S/C30H34FN5O/c1-4-27-29(36-19-22(3)21(2)17-28(36)33-27)30(37)32-18-23-7-11-26(12-8-23)35-15-13-34(14-16-35)20-24-5-9-25(31)10-6-24/h5-12,17,19H,4,13-16,18,20H2,1-3H3,(H,32,37). The summed E-state index contributed by atoms with van der Waals surface area (Å²) in [6.45, 7) is 11.3. The van der Waals surface area contributed by atoms with E-state index in [0.717, 1.165) is 60.8 Å². The molecule has 3 heterocycles. The van der Waals surface area contributed by atoms with Crippen molar-refractivity contribution in [1.82, 2.24) is 19.6 Å². The molecule has 2 aromatic carbocycles. The lowest BCUT2D eigenvalue weighted by atomic mass is 10.1. The molecule has 1 aliphatic heterocycles. The number of nitrogens with one attached hydrogen (secondary N) is 1. The number of rotatable bonds is 7. The minimum absolute atomic E-state index is 0.103. The van der Waals surface area contributed by atoms with Gasteiger partial charge in [-0.1, -0.05) is 31.2 Å². The summed E-state index contributed by atoms with van der Waals surface area (Å²) < 4.78 is 15.1. The molecule has 1 saturated heterocycles. The number of carbonyl (C=O) groups is 1. The van der Waals surface area contributed by atoms with Crippen molar-refractivity contribution in [3.63, 3.8) is 0 Å². The molecule has 7 heteroatoms. The lowest BCUT2D eigenvalue weighted by molar-refractivity contribution is 0.0944. The minimum Gasteiger partial charge on any atom is -0.369 e. The number of fused-ring (bicyclic) bond motifs is 1. The van der Waals surface area contributed by atoms with Gasteiger partial charge in [0.05, 0.1) is 5.69 Å². The summed E-state index contributed by atoms with van der Waals surface area (Å²) in [6, 6.07) is 17.2. The van der Waals surface area contributed by atoms with Gasteiger partial charge in [-0.25, -0.2) is 9.37 Å². The van der Waals surface area contributed by atoms with Crippen LogP contribution in [0.25, 0.3) is 5.65 Å². The number of piperazine rings is 1. The predicted molar refractivity (Wildman–Crippen MR) is 146 cm³/mol. The van der Waals surface area contributed by atoms with Gasteiger partial charge in [0.1, 0.15) is 17.2 Å². The first-order valence-corrected chi connectivity index (χ1v) is 13.0. The topological polar surface area (TPSA) is 52.9 Å². The van der Waals surface area contributed by atoms with Crippen molar-refractivity contribution in [2.45, 2.75) is 40.3 Å². The summed E-state index contributed by atoms with van der Waals surface area (Å²) in [5.41, 5.74) is 7.94. The van der Waals surface area contributed by atoms with Crippen LogP contribution in [0.3, 0.4) is 0 Å². The monoisotopic (exact) mass is 499 g/mol. The zero-order chi connectivity index (χ0) is 25.9. The van der Waals surface area contributed by atoms with Crippen molar-refractivity contribution in [3.05, 3.63) is 100 Å². The zero-order valence-electron chi connectivity index (χ0n) is 21.8. The van der Waals surface area contributed by atoms with Crippen LogP contribution in [-0.2, 0) is 19.5 Å². The molecule has 0 aliphatic carbocycles. The molecule has 0 atom stereocenters. The molecule has 1 N–H and O–H groups in total. The maximum atomic E-state index is 13.2. The Morgan fingerprint density at radius 2 is 1.62 bits per heavy atom. The third kappa shape index (κ3) is 5.52. The number of pyridine rings is 1. The van der Waals surface area contributed by atoms with Crippen LogP contribution in [0.1, 0.15) is 45.4 Å². The fourth-order valence-electron chi connectivity index (χ4n) is 4.92. The lowest BCUT2D eigenvalue weighted by Gasteiger charge is -2.36. The number of imidazole rings is 1. The third-order valence-corrected chi connectivity index (χ3v) is 7.30. The smallest absolute Gasteiger partial charge is 0.270 e. The maximum Gasteiger partial charge on any atom is 0.270 e. The highest BCUT2D eigenvalue weighted by Crippen LogP contribution is 2.20. The SMILES string of the molecule is CCc1nc2cc(C)c(C)cn2c1C(=O)NCc1ccc(N2CCN(Cc3ccc(F)cc3)CC2)cc1. The summed E-state index contributed by atoms with van der Waals surface area (Å²) in [4.78, 5) is 22.6. The Bertz CT molecular complexity index is 1390. The van der Waals surface area contributed by atoms with E-state index in [1.807, 2.05) is 35.7 Å². The van der Waals surface area contributed by atoms with Crippen LogP contribution in [0.4, 0.5) is 10.1 Å². The summed E-state index contributed by atoms with van der Waals surface area (Å²) in [7, 11) is 0. The van der Waals surface area contributed by atoms with E-state index in [9.17, 15) is 9.18 Å². The van der Waals surface area contributed by atoms with Crippen LogP contribution in [0.15, 0.2) is 60.8 Å². The first kappa shape index (κ1) is 25.0. The highest BCUT2D eigenvalue weighted by molar-refractivity contribution is 5.94. The molecule has 1 amide bonds. The Morgan fingerprint density at radius 1 is 0.946 bits per heavy atom. The molecular formula is C30H34FN5O. The van der Waals surface area contributed by atoms with Crippen molar-refractivity contribution in [2.75, 3.05) is 31.1 Å². The van der Waals surface area contributed by atoms with Crippen LogP contribution >= 0.6 is 0 Å². The Hall–Kier alpha value is -3.71. The first-order valence-electron chi connectivity index (χ1n) is 13.0. The molecule has 192 valence electrons. The van der Waals surface area contributed by atoms with Crippen molar-refractivity contribution in [3.8, 4) is 0 Å². The van der Waals surface area contributed by atoms with Gasteiger partial charge in [0.15, 0.2) is 0 Å². The summed E-state index contributed by atoms with van der Waals surface area (Å²) in [6.07, 6.45) is 2.70. The highest BCUT2D eigenvalue weighted by atomic mass is 19.1. The summed E-state index contributed by atoms with van der Waals surface area (Å²) in [5.74, 6) is -0.295. The quantitative estimate of drug-likeness (QED) is 0.393. The van der Waals surface area contributed by atoms with Gasteiger partial charge < -0.3 is 10.2 Å². The Kier molecular flexibility index (Phi) is 7.24. The second-order valence-corrected chi connectivity index (χ2v) is 9.87. The van der Waals surface area contributed by atoms with Gasteiger partial charge in [0, 0.05) is 51.2 Å². The molecule has 0 unspecified atom stereocenters. The van der Waals surface area contributed by atoms with Crippen LogP contribution in [-0.4, -0.2) is 46.4 Å². The second kappa shape index (κ2) is 10.7. The van der Waals surface area contributed by atoms with Crippen molar-refractivity contribution < 1.29 is 9.18 Å². The number of aromatic nitrogens is 2. The van der Waals surface area contributed by atoms with E-state index in [1.54, 1.807) is 0 Å². The molecule has 37 heavy (non-hydrogen) atoms. The van der Waals surface area contributed by atoms with Crippen molar-refractivity contribution in [2.24, 2.45) is 0 Å². The molecule has 0 bridgehead atoms. The fourth-order valence-corrected chi connectivity index (χ4v) is 4.92. The van der Waals surface area contributed by atoms with Gasteiger partial charge in [-0.15, -0.1) is 0 Å². The largest absolute Gasteiger partial charge is 0.369 e. The lowest BCUT2D eigenvalue weighted by Crippen LogP contribution is -2.45. The Morgan fingerprint density at radius 3 is 2.30 bits per heavy atom. The van der Waals surface area contributed by atoms with Gasteiger partial charge >= 0.3 is 0 Å². The molecular weight excluding hydrogens is 465 g/mol. The molecule has 6 nitrogen and oxygen atoms in total. The number of halogens is 1.